The first kappa shape index (κ1) is 15.1. The van der Waals surface area contributed by atoms with Gasteiger partial charge in [0.1, 0.15) is 6.61 Å². The van der Waals surface area contributed by atoms with Gasteiger partial charge >= 0.3 is 5.63 Å². The van der Waals surface area contributed by atoms with Crippen LogP contribution >= 0.6 is 0 Å². The number of carbonyl (C=O) groups is 1. The summed E-state index contributed by atoms with van der Waals surface area (Å²) >= 11 is 0. The molecule has 0 fully saturated rings. The topological polar surface area (TPSA) is 65.7 Å². The lowest BCUT2D eigenvalue weighted by Gasteiger charge is -2.12. The fourth-order valence-electron chi connectivity index (χ4n) is 2.21. The minimum atomic E-state index is -0.423. The SMILES string of the molecule is CCCc1cc(=O)oc2c(OC)c(OCC(C)=O)ccc12. The van der Waals surface area contributed by atoms with Crippen LogP contribution < -0.4 is 15.1 Å². The Balaban J connectivity index is 2.60. The van der Waals surface area contributed by atoms with Gasteiger partial charge in [0.25, 0.3) is 0 Å². The Labute approximate surface area is 122 Å². The lowest BCUT2D eigenvalue weighted by atomic mass is 10.1. The van der Waals surface area contributed by atoms with Crippen molar-refractivity contribution >= 4 is 16.8 Å². The van der Waals surface area contributed by atoms with Gasteiger partial charge in [0.15, 0.2) is 17.1 Å². The molecule has 0 aliphatic heterocycles. The molecule has 0 unspecified atom stereocenters. The normalized spacial score (nSPS) is 10.6. The average molecular weight is 290 g/mol. The second kappa shape index (κ2) is 6.43. The van der Waals surface area contributed by atoms with Crippen LogP contribution in [0.15, 0.2) is 27.4 Å². The molecule has 5 heteroatoms. The molecule has 112 valence electrons. The number of rotatable bonds is 6. The molecule has 2 aromatic rings. The average Bonchev–Trinajstić information content (AvgIpc) is 2.44. The van der Waals surface area contributed by atoms with Crippen molar-refractivity contribution < 1.29 is 18.7 Å². The summed E-state index contributed by atoms with van der Waals surface area (Å²) in [5.74, 6) is 0.624. The monoisotopic (exact) mass is 290 g/mol. The number of ketones is 1. The third-order valence-electron chi connectivity index (χ3n) is 3.07. The third kappa shape index (κ3) is 3.24. The predicted molar refractivity (Wildman–Crippen MR) is 79.2 cm³/mol. The van der Waals surface area contributed by atoms with Gasteiger partial charge in [-0.3, -0.25) is 4.79 Å². The molecule has 0 N–H and O–H groups in total. The van der Waals surface area contributed by atoms with Crippen molar-refractivity contribution in [2.45, 2.75) is 26.7 Å². The smallest absolute Gasteiger partial charge is 0.336 e. The van der Waals surface area contributed by atoms with Crippen LogP contribution in [0, 0.1) is 0 Å². The Morgan fingerprint density at radius 1 is 1.33 bits per heavy atom. The Kier molecular flexibility index (Phi) is 4.62. The second-order valence-corrected chi connectivity index (χ2v) is 4.80. The molecule has 5 nitrogen and oxygen atoms in total. The number of methoxy groups -OCH3 is 1. The summed E-state index contributed by atoms with van der Waals surface area (Å²) < 4.78 is 16.0. The number of fused-ring (bicyclic) bond motifs is 1. The minimum absolute atomic E-state index is 0.0548. The van der Waals surface area contributed by atoms with Crippen LogP contribution in [0.25, 0.3) is 11.0 Å². The molecule has 2 rings (SSSR count). The maximum absolute atomic E-state index is 11.7. The van der Waals surface area contributed by atoms with Crippen molar-refractivity contribution in [3.05, 3.63) is 34.2 Å². The Hall–Kier alpha value is -2.30. The number of carbonyl (C=O) groups excluding carboxylic acids is 1. The van der Waals surface area contributed by atoms with Gasteiger partial charge in [-0.05, 0) is 31.0 Å². The molecule has 1 aromatic carbocycles. The van der Waals surface area contributed by atoms with E-state index in [9.17, 15) is 9.59 Å². The lowest BCUT2D eigenvalue weighted by molar-refractivity contribution is -0.118. The molecule has 21 heavy (non-hydrogen) atoms. The van der Waals surface area contributed by atoms with Gasteiger partial charge in [-0.25, -0.2) is 4.79 Å². The van der Waals surface area contributed by atoms with E-state index in [0.717, 1.165) is 23.8 Å². The molecule has 0 amide bonds. The number of hydrogen-bond acceptors (Lipinski definition) is 5. The first-order chi connectivity index (χ1) is 10.1. The minimum Gasteiger partial charge on any atom is -0.490 e. The lowest BCUT2D eigenvalue weighted by Crippen LogP contribution is -2.08. The van der Waals surface area contributed by atoms with E-state index in [-0.39, 0.29) is 12.4 Å². The van der Waals surface area contributed by atoms with Gasteiger partial charge in [0, 0.05) is 11.5 Å². The summed E-state index contributed by atoms with van der Waals surface area (Å²) in [4.78, 5) is 22.7. The predicted octanol–water partition coefficient (Wildman–Crippen LogP) is 2.72. The molecule has 0 bridgehead atoms. The molecule has 0 atom stereocenters. The molecule has 0 aliphatic rings. The number of Topliss-reactive ketones (excluding diaryl/α,β-unsaturated/α-hetero) is 1. The second-order valence-electron chi connectivity index (χ2n) is 4.80. The summed E-state index contributed by atoms with van der Waals surface area (Å²) in [6, 6.07) is 5.05. The number of hydrogen-bond donors (Lipinski definition) is 0. The van der Waals surface area contributed by atoms with Gasteiger partial charge in [0.2, 0.25) is 5.75 Å². The van der Waals surface area contributed by atoms with Crippen LogP contribution in [0.1, 0.15) is 25.8 Å². The Morgan fingerprint density at radius 3 is 2.71 bits per heavy atom. The van der Waals surface area contributed by atoms with E-state index in [1.165, 1.54) is 20.1 Å². The van der Waals surface area contributed by atoms with Crippen molar-refractivity contribution in [3.63, 3.8) is 0 Å². The van der Waals surface area contributed by atoms with Gasteiger partial charge in [-0.2, -0.15) is 0 Å². The largest absolute Gasteiger partial charge is 0.490 e. The fraction of sp³-hybridized carbons (Fsp3) is 0.375. The highest BCUT2D eigenvalue weighted by Crippen LogP contribution is 2.36. The summed E-state index contributed by atoms with van der Waals surface area (Å²) in [5, 5.41) is 0.823. The molecule has 0 spiro atoms. The van der Waals surface area contributed by atoms with E-state index >= 15 is 0 Å². The van der Waals surface area contributed by atoms with Crippen LogP contribution in [0.4, 0.5) is 0 Å². The Bertz CT molecular complexity index is 714. The molecular formula is C16H18O5. The van der Waals surface area contributed by atoms with Crippen LogP contribution in [0.2, 0.25) is 0 Å². The highest BCUT2D eigenvalue weighted by atomic mass is 16.5. The van der Waals surface area contributed by atoms with E-state index in [1.807, 2.05) is 13.0 Å². The summed E-state index contributed by atoms with van der Waals surface area (Å²) in [7, 11) is 1.47. The highest BCUT2D eigenvalue weighted by Gasteiger charge is 2.15. The van der Waals surface area contributed by atoms with Gasteiger partial charge in [-0.1, -0.05) is 13.3 Å². The third-order valence-corrected chi connectivity index (χ3v) is 3.07. The van der Waals surface area contributed by atoms with Crippen molar-refractivity contribution in [3.8, 4) is 11.5 Å². The molecule has 1 aromatic heterocycles. The van der Waals surface area contributed by atoms with Crippen LogP contribution in [-0.2, 0) is 11.2 Å². The van der Waals surface area contributed by atoms with E-state index in [0.29, 0.717) is 17.1 Å². The standard InChI is InChI=1S/C16H18O5/c1-4-5-11-8-14(18)21-15-12(11)6-7-13(16(15)19-3)20-9-10(2)17/h6-8H,4-5,9H2,1-3H3. The van der Waals surface area contributed by atoms with Crippen molar-refractivity contribution in [2.75, 3.05) is 13.7 Å². The van der Waals surface area contributed by atoms with Crippen LogP contribution in [0.3, 0.4) is 0 Å². The Morgan fingerprint density at radius 2 is 2.10 bits per heavy atom. The van der Waals surface area contributed by atoms with E-state index in [1.54, 1.807) is 6.07 Å². The zero-order chi connectivity index (χ0) is 15.4. The molecule has 0 saturated heterocycles. The number of ether oxygens (including phenoxy) is 2. The van der Waals surface area contributed by atoms with Crippen molar-refractivity contribution in [1.29, 1.82) is 0 Å². The van der Waals surface area contributed by atoms with Crippen LogP contribution in [0.5, 0.6) is 11.5 Å². The van der Waals surface area contributed by atoms with E-state index in [2.05, 4.69) is 0 Å². The quantitative estimate of drug-likeness (QED) is 0.765. The molecular weight excluding hydrogens is 272 g/mol. The molecule has 0 aliphatic carbocycles. The summed E-state index contributed by atoms with van der Waals surface area (Å²) in [6.07, 6.45) is 1.70. The van der Waals surface area contributed by atoms with Gasteiger partial charge in [-0.15, -0.1) is 0 Å². The number of benzene rings is 1. The zero-order valence-corrected chi connectivity index (χ0v) is 12.4. The first-order valence-corrected chi connectivity index (χ1v) is 6.82. The maximum atomic E-state index is 11.7. The van der Waals surface area contributed by atoms with Gasteiger partial charge in [0.05, 0.1) is 7.11 Å². The maximum Gasteiger partial charge on any atom is 0.336 e. The number of aryl methyl sites for hydroxylation is 1. The van der Waals surface area contributed by atoms with Gasteiger partial charge < -0.3 is 13.9 Å². The van der Waals surface area contributed by atoms with Crippen molar-refractivity contribution in [2.24, 2.45) is 0 Å². The van der Waals surface area contributed by atoms with E-state index < -0.39 is 5.63 Å². The first-order valence-electron chi connectivity index (χ1n) is 6.82. The summed E-state index contributed by atoms with van der Waals surface area (Å²) in [6.45, 7) is 3.43. The highest BCUT2D eigenvalue weighted by molar-refractivity contribution is 5.88. The zero-order valence-electron chi connectivity index (χ0n) is 12.4. The van der Waals surface area contributed by atoms with Crippen molar-refractivity contribution in [1.82, 2.24) is 0 Å². The van der Waals surface area contributed by atoms with Crippen LogP contribution in [-0.4, -0.2) is 19.5 Å². The molecule has 0 saturated carbocycles. The summed E-state index contributed by atoms with van der Waals surface area (Å²) in [5.41, 5.74) is 0.850. The molecule has 0 radical (unpaired) electrons. The molecule has 1 heterocycles. The fourth-order valence-corrected chi connectivity index (χ4v) is 2.21. The van der Waals surface area contributed by atoms with E-state index in [4.69, 9.17) is 13.9 Å².